The topological polar surface area (TPSA) is 35.2 Å². The molecule has 1 saturated carbocycles. The van der Waals surface area contributed by atoms with Gasteiger partial charge in [0.2, 0.25) is 0 Å². The van der Waals surface area contributed by atoms with Crippen molar-refractivity contribution < 1.29 is 13.5 Å². The van der Waals surface area contributed by atoms with E-state index in [1.54, 1.807) is 6.08 Å². The summed E-state index contributed by atoms with van der Waals surface area (Å²) in [5, 5.41) is 0. The number of halogens is 2. The van der Waals surface area contributed by atoms with Crippen LogP contribution in [0.15, 0.2) is 93.8 Å². The standard InChI is InChI=1S/C30H39F2NO/c1-4-6-12-23(5-2)30(33)15-21(3)24-16-25(28-14-13-26(31)19-29(28)32)18-27(17-24)34-20-22-10-8-7-9-11-22/h4,6,12-16,18,22,29H,5,7-11,17,19-20,33H2,1-3H3/b6-4-,23-12+,24-21-,30-15-. The van der Waals surface area contributed by atoms with Gasteiger partial charge in [-0.2, -0.15) is 0 Å². The lowest BCUT2D eigenvalue weighted by Crippen LogP contribution is -2.15. The Labute approximate surface area is 204 Å². The average Bonchev–Trinajstić information content (AvgIpc) is 2.83. The van der Waals surface area contributed by atoms with Gasteiger partial charge in [0.25, 0.3) is 0 Å². The smallest absolute Gasteiger partial charge is 0.132 e. The number of ether oxygens (including phenoxy) is 1. The molecule has 0 aromatic heterocycles. The molecule has 0 aromatic carbocycles. The summed E-state index contributed by atoms with van der Waals surface area (Å²) in [7, 11) is 0. The van der Waals surface area contributed by atoms with Crippen molar-refractivity contribution in [1.29, 1.82) is 0 Å². The highest BCUT2D eigenvalue weighted by atomic mass is 19.1. The molecule has 0 heterocycles. The Kier molecular flexibility index (Phi) is 9.74. The van der Waals surface area contributed by atoms with Gasteiger partial charge in [-0.3, -0.25) is 0 Å². The molecule has 2 N–H and O–H groups in total. The van der Waals surface area contributed by atoms with Gasteiger partial charge in [0.15, 0.2) is 0 Å². The first-order chi connectivity index (χ1) is 16.4. The average molecular weight is 468 g/mol. The van der Waals surface area contributed by atoms with Gasteiger partial charge in [-0.25, -0.2) is 8.78 Å². The van der Waals surface area contributed by atoms with E-state index in [2.05, 4.69) is 6.92 Å². The fourth-order valence-electron chi connectivity index (χ4n) is 4.74. The van der Waals surface area contributed by atoms with Crippen LogP contribution in [0.25, 0.3) is 0 Å². The third-order valence-corrected chi connectivity index (χ3v) is 6.85. The molecule has 0 radical (unpaired) electrons. The molecule has 0 bridgehead atoms. The molecule has 3 rings (SSSR count). The number of alkyl halides is 1. The Bertz CT molecular complexity index is 981. The van der Waals surface area contributed by atoms with Crippen LogP contribution in [0.5, 0.6) is 0 Å². The predicted octanol–water partition coefficient (Wildman–Crippen LogP) is 8.39. The summed E-state index contributed by atoms with van der Waals surface area (Å²) in [6.45, 7) is 6.79. The third-order valence-electron chi connectivity index (χ3n) is 6.85. The van der Waals surface area contributed by atoms with Crippen LogP contribution in [0.2, 0.25) is 0 Å². The van der Waals surface area contributed by atoms with E-state index >= 15 is 0 Å². The fourth-order valence-corrected chi connectivity index (χ4v) is 4.74. The van der Waals surface area contributed by atoms with Crippen molar-refractivity contribution in [2.45, 2.75) is 78.3 Å². The summed E-state index contributed by atoms with van der Waals surface area (Å²) >= 11 is 0. The van der Waals surface area contributed by atoms with Crippen molar-refractivity contribution in [2.24, 2.45) is 11.7 Å². The first-order valence-electron chi connectivity index (χ1n) is 12.7. The molecule has 1 atom stereocenters. The second-order valence-electron chi connectivity index (χ2n) is 9.49. The molecule has 2 nitrogen and oxygen atoms in total. The molecule has 0 saturated heterocycles. The lowest BCUT2D eigenvalue weighted by molar-refractivity contribution is 0.138. The highest BCUT2D eigenvalue weighted by Crippen LogP contribution is 2.35. The van der Waals surface area contributed by atoms with Gasteiger partial charge in [-0.15, -0.1) is 0 Å². The van der Waals surface area contributed by atoms with Crippen LogP contribution in [0, 0.1) is 5.92 Å². The van der Waals surface area contributed by atoms with Crippen LogP contribution in [-0.2, 0) is 4.74 Å². The molecular formula is C30H39F2NO. The molecule has 0 aromatic rings. The Morgan fingerprint density at radius 2 is 1.94 bits per heavy atom. The summed E-state index contributed by atoms with van der Waals surface area (Å²) in [6.07, 6.45) is 21.0. The maximum atomic E-state index is 14.8. The van der Waals surface area contributed by atoms with Gasteiger partial charge in [0.05, 0.1) is 6.61 Å². The monoisotopic (exact) mass is 467 g/mol. The van der Waals surface area contributed by atoms with E-state index in [0.29, 0.717) is 24.5 Å². The predicted molar refractivity (Wildman–Crippen MR) is 138 cm³/mol. The van der Waals surface area contributed by atoms with Crippen molar-refractivity contribution in [2.75, 3.05) is 6.61 Å². The van der Waals surface area contributed by atoms with Crippen molar-refractivity contribution >= 4 is 0 Å². The van der Waals surface area contributed by atoms with Gasteiger partial charge in [0, 0.05) is 18.5 Å². The molecule has 34 heavy (non-hydrogen) atoms. The Balaban J connectivity index is 1.91. The molecule has 1 unspecified atom stereocenters. The van der Waals surface area contributed by atoms with E-state index in [1.165, 1.54) is 38.2 Å². The van der Waals surface area contributed by atoms with Gasteiger partial charge in [0.1, 0.15) is 17.8 Å². The first kappa shape index (κ1) is 26.0. The lowest BCUT2D eigenvalue weighted by Gasteiger charge is -2.26. The first-order valence-corrected chi connectivity index (χ1v) is 12.7. The number of nitrogens with two attached hydrogens (primary N) is 1. The second kappa shape index (κ2) is 12.7. The van der Waals surface area contributed by atoms with Crippen LogP contribution < -0.4 is 5.73 Å². The van der Waals surface area contributed by atoms with E-state index in [4.69, 9.17) is 10.5 Å². The van der Waals surface area contributed by atoms with Crippen molar-refractivity contribution in [3.05, 3.63) is 93.8 Å². The van der Waals surface area contributed by atoms with Crippen molar-refractivity contribution in [3.63, 3.8) is 0 Å². The van der Waals surface area contributed by atoms with Crippen molar-refractivity contribution in [1.82, 2.24) is 0 Å². The molecule has 184 valence electrons. The van der Waals surface area contributed by atoms with E-state index in [0.717, 1.165) is 40.2 Å². The van der Waals surface area contributed by atoms with Crippen LogP contribution in [-0.4, -0.2) is 12.8 Å². The van der Waals surface area contributed by atoms with E-state index in [1.807, 2.05) is 50.3 Å². The zero-order valence-corrected chi connectivity index (χ0v) is 20.9. The number of hydrogen-bond donors (Lipinski definition) is 1. The summed E-state index contributed by atoms with van der Waals surface area (Å²) < 4.78 is 34.7. The minimum atomic E-state index is -1.36. The van der Waals surface area contributed by atoms with Gasteiger partial charge < -0.3 is 10.5 Å². The zero-order valence-electron chi connectivity index (χ0n) is 20.9. The van der Waals surface area contributed by atoms with Gasteiger partial charge in [-0.1, -0.05) is 56.6 Å². The normalized spacial score (nSPS) is 24.4. The van der Waals surface area contributed by atoms with Gasteiger partial charge in [-0.05, 0) is 85.1 Å². The SMILES string of the molecule is C\C=C/C=C(CC)/C(N)=C/C(C)=C1/C=C(C2=CC=C(F)CC2F)C=C(OCC2CCCCC2)C1. The molecule has 0 amide bonds. The van der Waals surface area contributed by atoms with Crippen molar-refractivity contribution in [3.8, 4) is 0 Å². The van der Waals surface area contributed by atoms with Crippen LogP contribution >= 0.6 is 0 Å². The molecule has 3 aliphatic carbocycles. The Hall–Kier alpha value is -2.62. The summed E-state index contributed by atoms with van der Waals surface area (Å²) in [5.41, 5.74) is 11.5. The highest BCUT2D eigenvalue weighted by molar-refractivity contribution is 5.55. The molecule has 0 spiro atoms. The largest absolute Gasteiger partial charge is 0.497 e. The number of allylic oxidation sites excluding steroid dienone is 14. The summed E-state index contributed by atoms with van der Waals surface area (Å²) in [6, 6.07) is 0. The maximum absolute atomic E-state index is 14.8. The molecule has 4 heteroatoms. The minimum absolute atomic E-state index is 0.213. The quantitative estimate of drug-likeness (QED) is 0.364. The molecule has 0 aliphatic heterocycles. The van der Waals surface area contributed by atoms with Crippen LogP contribution in [0.3, 0.4) is 0 Å². The number of hydrogen-bond acceptors (Lipinski definition) is 2. The Morgan fingerprint density at radius 1 is 1.18 bits per heavy atom. The van der Waals surface area contributed by atoms with Gasteiger partial charge >= 0.3 is 0 Å². The summed E-state index contributed by atoms with van der Waals surface area (Å²) in [5.74, 6) is 0.998. The van der Waals surface area contributed by atoms with E-state index < -0.39 is 12.0 Å². The lowest BCUT2D eigenvalue weighted by atomic mass is 9.87. The highest BCUT2D eigenvalue weighted by Gasteiger charge is 2.24. The number of rotatable bonds is 8. The minimum Gasteiger partial charge on any atom is -0.497 e. The second-order valence-corrected chi connectivity index (χ2v) is 9.49. The molecular weight excluding hydrogens is 428 g/mol. The fraction of sp³-hybridized carbons (Fsp3) is 0.467. The molecule has 3 aliphatic rings. The summed E-state index contributed by atoms with van der Waals surface area (Å²) in [4.78, 5) is 0. The van der Waals surface area contributed by atoms with Crippen LogP contribution in [0.1, 0.15) is 72.1 Å². The zero-order chi connectivity index (χ0) is 24.5. The third kappa shape index (κ3) is 7.19. The van der Waals surface area contributed by atoms with Crippen LogP contribution in [0.4, 0.5) is 8.78 Å². The van der Waals surface area contributed by atoms with E-state index in [9.17, 15) is 8.78 Å². The molecule has 1 fully saturated rings. The maximum Gasteiger partial charge on any atom is 0.132 e. The van der Waals surface area contributed by atoms with E-state index in [-0.39, 0.29) is 6.42 Å². The Morgan fingerprint density at radius 3 is 2.62 bits per heavy atom.